The Morgan fingerprint density at radius 1 is 1.40 bits per heavy atom. The van der Waals surface area contributed by atoms with Gasteiger partial charge in [0.15, 0.2) is 0 Å². The minimum absolute atomic E-state index is 0.0234. The Morgan fingerprint density at radius 2 is 2.20 bits per heavy atom. The van der Waals surface area contributed by atoms with Crippen molar-refractivity contribution in [2.45, 2.75) is 51.0 Å². The van der Waals surface area contributed by atoms with Crippen molar-refractivity contribution in [3.05, 3.63) is 30.1 Å². The lowest BCUT2D eigenvalue weighted by molar-refractivity contribution is -0.121. The van der Waals surface area contributed by atoms with Crippen LogP contribution in [0.15, 0.2) is 18.9 Å². The summed E-state index contributed by atoms with van der Waals surface area (Å²) in [7, 11) is 0. The average Bonchev–Trinajstić information content (AvgIpc) is 2.66. The Bertz CT molecular complexity index is 611. The molecule has 0 radical (unpaired) electrons. The van der Waals surface area contributed by atoms with Crippen LogP contribution in [-0.4, -0.2) is 40.7 Å². The zero-order chi connectivity index (χ0) is 17.6. The number of aryl methyl sites for hydroxylation is 1. The molecule has 0 aromatic carbocycles. The van der Waals surface area contributed by atoms with E-state index >= 15 is 0 Å². The van der Waals surface area contributed by atoms with Crippen LogP contribution in [0.25, 0.3) is 0 Å². The zero-order valence-electron chi connectivity index (χ0n) is 14.8. The fraction of sp³-hybridized carbons (Fsp3) is 0.632. The monoisotopic (exact) mass is 344 g/mol. The second-order valence-electron chi connectivity index (χ2n) is 7.02. The summed E-state index contributed by atoms with van der Waals surface area (Å²) in [4.78, 5) is 23.6. The van der Waals surface area contributed by atoms with Crippen molar-refractivity contribution in [1.82, 2.24) is 15.3 Å². The first kappa shape index (κ1) is 17.9. The SMILES string of the molecule is C=CCCC(=O)NC1CCCc2nc(N3CCC(CO)CC3)ncc21. The van der Waals surface area contributed by atoms with Crippen molar-refractivity contribution in [2.75, 3.05) is 24.6 Å². The number of aliphatic hydroxyl groups is 1. The third kappa shape index (κ3) is 4.37. The Morgan fingerprint density at radius 3 is 2.92 bits per heavy atom. The van der Waals surface area contributed by atoms with Crippen LogP contribution < -0.4 is 10.2 Å². The Hall–Kier alpha value is -1.95. The van der Waals surface area contributed by atoms with Crippen LogP contribution in [0.2, 0.25) is 0 Å². The van der Waals surface area contributed by atoms with Crippen LogP contribution in [0, 0.1) is 5.92 Å². The van der Waals surface area contributed by atoms with E-state index in [1.807, 2.05) is 6.20 Å². The van der Waals surface area contributed by atoms with Gasteiger partial charge < -0.3 is 15.3 Å². The summed E-state index contributed by atoms with van der Waals surface area (Å²) in [5, 5.41) is 12.4. The lowest BCUT2D eigenvalue weighted by atomic mass is 9.92. The van der Waals surface area contributed by atoms with E-state index in [1.165, 1.54) is 0 Å². The third-order valence-electron chi connectivity index (χ3n) is 5.24. The number of carbonyl (C=O) groups excluding carboxylic acids is 1. The number of anilines is 1. The second kappa shape index (κ2) is 8.43. The number of nitrogens with zero attached hydrogens (tertiary/aromatic N) is 3. The van der Waals surface area contributed by atoms with Crippen molar-refractivity contribution in [3.8, 4) is 0 Å². The molecule has 0 spiro atoms. The van der Waals surface area contributed by atoms with Crippen molar-refractivity contribution < 1.29 is 9.90 Å². The van der Waals surface area contributed by atoms with Crippen LogP contribution >= 0.6 is 0 Å². The number of carbonyl (C=O) groups is 1. The number of allylic oxidation sites excluding steroid dienone is 1. The van der Waals surface area contributed by atoms with Gasteiger partial charge in [-0.15, -0.1) is 6.58 Å². The highest BCUT2D eigenvalue weighted by molar-refractivity contribution is 5.76. The van der Waals surface area contributed by atoms with E-state index in [9.17, 15) is 9.90 Å². The molecular weight excluding hydrogens is 316 g/mol. The Labute approximate surface area is 149 Å². The molecule has 136 valence electrons. The minimum Gasteiger partial charge on any atom is -0.396 e. The Balaban J connectivity index is 1.67. The molecule has 3 rings (SSSR count). The fourth-order valence-corrected chi connectivity index (χ4v) is 3.65. The predicted octanol–water partition coefficient (Wildman–Crippen LogP) is 2.15. The summed E-state index contributed by atoms with van der Waals surface area (Å²) in [6.07, 6.45) is 9.73. The van der Waals surface area contributed by atoms with Crippen molar-refractivity contribution in [1.29, 1.82) is 0 Å². The molecule has 1 aliphatic heterocycles. The molecule has 6 heteroatoms. The van der Waals surface area contributed by atoms with Crippen LogP contribution in [-0.2, 0) is 11.2 Å². The number of amides is 1. The van der Waals surface area contributed by atoms with Gasteiger partial charge in [-0.05, 0) is 44.4 Å². The summed E-state index contributed by atoms with van der Waals surface area (Å²) < 4.78 is 0. The van der Waals surface area contributed by atoms with Gasteiger partial charge in [0.1, 0.15) is 0 Å². The van der Waals surface area contributed by atoms with E-state index in [4.69, 9.17) is 4.98 Å². The summed E-state index contributed by atoms with van der Waals surface area (Å²) >= 11 is 0. The summed E-state index contributed by atoms with van der Waals surface area (Å²) in [5.41, 5.74) is 2.13. The summed E-state index contributed by atoms with van der Waals surface area (Å²) in [6.45, 7) is 5.72. The molecule has 1 aromatic rings. The van der Waals surface area contributed by atoms with E-state index in [2.05, 4.69) is 21.8 Å². The number of nitrogens with one attached hydrogen (secondary N) is 1. The fourth-order valence-electron chi connectivity index (χ4n) is 3.65. The van der Waals surface area contributed by atoms with Gasteiger partial charge in [-0.1, -0.05) is 6.08 Å². The molecule has 1 atom stereocenters. The van der Waals surface area contributed by atoms with Gasteiger partial charge in [0, 0.05) is 37.9 Å². The highest BCUT2D eigenvalue weighted by Gasteiger charge is 2.26. The molecule has 25 heavy (non-hydrogen) atoms. The van der Waals surface area contributed by atoms with E-state index in [-0.39, 0.29) is 18.6 Å². The van der Waals surface area contributed by atoms with Crippen LogP contribution in [0.1, 0.15) is 55.8 Å². The molecule has 0 saturated carbocycles. The number of piperidine rings is 1. The van der Waals surface area contributed by atoms with Gasteiger partial charge in [0.2, 0.25) is 11.9 Å². The van der Waals surface area contributed by atoms with E-state index in [0.29, 0.717) is 18.8 Å². The van der Waals surface area contributed by atoms with E-state index < -0.39 is 0 Å². The highest BCUT2D eigenvalue weighted by atomic mass is 16.3. The van der Waals surface area contributed by atoms with Crippen LogP contribution in [0.4, 0.5) is 5.95 Å². The smallest absolute Gasteiger partial charge is 0.225 e. The lowest BCUT2D eigenvalue weighted by Crippen LogP contribution is -2.36. The molecule has 1 aliphatic carbocycles. The molecule has 1 fully saturated rings. The zero-order valence-corrected chi connectivity index (χ0v) is 14.8. The molecule has 2 heterocycles. The number of hydrogen-bond acceptors (Lipinski definition) is 5. The van der Waals surface area contributed by atoms with Gasteiger partial charge in [0.25, 0.3) is 0 Å². The van der Waals surface area contributed by atoms with Crippen molar-refractivity contribution >= 4 is 11.9 Å². The third-order valence-corrected chi connectivity index (χ3v) is 5.24. The number of aliphatic hydroxyl groups excluding tert-OH is 1. The Kier molecular flexibility index (Phi) is 6.02. The van der Waals surface area contributed by atoms with Gasteiger partial charge in [-0.3, -0.25) is 4.79 Å². The van der Waals surface area contributed by atoms with Gasteiger partial charge >= 0.3 is 0 Å². The summed E-state index contributed by atoms with van der Waals surface area (Å²) in [5.74, 6) is 1.26. The normalized spacial score (nSPS) is 20.8. The predicted molar refractivity (Wildman–Crippen MR) is 97.3 cm³/mol. The standard InChI is InChI=1S/C19H28N4O2/c1-2-3-7-18(25)21-16-5-4-6-17-15(16)12-20-19(22-17)23-10-8-14(13-24)9-11-23/h2,12,14,16,24H,1,3-11,13H2,(H,21,25). The topological polar surface area (TPSA) is 78.4 Å². The summed E-state index contributed by atoms with van der Waals surface area (Å²) in [6, 6.07) is 0.0234. The second-order valence-corrected chi connectivity index (χ2v) is 7.02. The average molecular weight is 344 g/mol. The first-order chi connectivity index (χ1) is 12.2. The quantitative estimate of drug-likeness (QED) is 0.773. The largest absolute Gasteiger partial charge is 0.396 e. The molecule has 2 N–H and O–H groups in total. The molecule has 2 aliphatic rings. The van der Waals surface area contributed by atoms with Gasteiger partial charge in [-0.2, -0.15) is 0 Å². The van der Waals surface area contributed by atoms with Gasteiger partial charge in [0.05, 0.1) is 11.7 Å². The molecule has 6 nitrogen and oxygen atoms in total. The van der Waals surface area contributed by atoms with E-state index in [0.717, 1.165) is 62.4 Å². The molecular formula is C19H28N4O2. The van der Waals surface area contributed by atoms with Gasteiger partial charge in [-0.25, -0.2) is 9.97 Å². The van der Waals surface area contributed by atoms with Crippen molar-refractivity contribution in [3.63, 3.8) is 0 Å². The molecule has 1 amide bonds. The molecule has 0 bridgehead atoms. The molecule has 1 unspecified atom stereocenters. The molecule has 1 saturated heterocycles. The first-order valence-corrected chi connectivity index (χ1v) is 9.33. The van der Waals surface area contributed by atoms with E-state index in [1.54, 1.807) is 6.08 Å². The van der Waals surface area contributed by atoms with Crippen molar-refractivity contribution in [2.24, 2.45) is 5.92 Å². The maximum absolute atomic E-state index is 12.0. The number of fused-ring (bicyclic) bond motifs is 1. The number of hydrogen-bond donors (Lipinski definition) is 2. The van der Waals surface area contributed by atoms with Crippen LogP contribution in [0.3, 0.4) is 0 Å². The van der Waals surface area contributed by atoms with Crippen LogP contribution in [0.5, 0.6) is 0 Å². The maximum Gasteiger partial charge on any atom is 0.225 e. The highest BCUT2D eigenvalue weighted by Crippen LogP contribution is 2.30. The maximum atomic E-state index is 12.0. The minimum atomic E-state index is 0.0234. The first-order valence-electron chi connectivity index (χ1n) is 9.33. The number of aromatic nitrogens is 2. The lowest BCUT2D eigenvalue weighted by Gasteiger charge is -2.32. The molecule has 1 aromatic heterocycles. The number of rotatable bonds is 6.